The summed E-state index contributed by atoms with van der Waals surface area (Å²) in [6.07, 6.45) is 3.49. The van der Waals surface area contributed by atoms with Crippen LogP contribution < -0.4 is 25.8 Å². The predicted octanol–water partition coefficient (Wildman–Crippen LogP) is 2.98. The zero-order valence-corrected chi connectivity index (χ0v) is 20.6. The van der Waals surface area contributed by atoms with Gasteiger partial charge in [0.2, 0.25) is 5.91 Å². The van der Waals surface area contributed by atoms with Crippen molar-refractivity contribution in [1.82, 2.24) is 19.9 Å². The van der Waals surface area contributed by atoms with Crippen LogP contribution in [0.3, 0.4) is 0 Å². The van der Waals surface area contributed by atoms with Crippen molar-refractivity contribution in [3.63, 3.8) is 0 Å². The van der Waals surface area contributed by atoms with Gasteiger partial charge < -0.3 is 24.8 Å². The van der Waals surface area contributed by atoms with Gasteiger partial charge in [0.1, 0.15) is 11.6 Å². The summed E-state index contributed by atoms with van der Waals surface area (Å²) < 4.78 is 31.2. The topological polar surface area (TPSA) is 118 Å². The maximum Gasteiger partial charge on any atom is 0.487 e. The Bertz CT molecular complexity index is 1380. The standard InChI is InChI=1S/C24H23ClF2N6O4/c1-14(34)30-17-7-8-33(12-17)22-19(20-10-21(35)32(2)13-29-20)9-15(11-28-22)23(36)31-16-3-5-18(6-4-16)37-24(25,26)27/h3-6,9-11,13,17H,7-8,12H2,1-2H3,(H,30,34)(H,31,36). The molecule has 0 saturated carbocycles. The third kappa shape index (κ3) is 6.58. The first kappa shape index (κ1) is 26.0. The summed E-state index contributed by atoms with van der Waals surface area (Å²) in [6.45, 7) is 2.57. The van der Waals surface area contributed by atoms with E-state index in [2.05, 4.69) is 25.3 Å². The van der Waals surface area contributed by atoms with E-state index in [-0.39, 0.29) is 28.8 Å². The minimum absolute atomic E-state index is 0.0579. The maximum atomic E-state index is 13.0. The number of amides is 2. The molecule has 4 rings (SSSR count). The van der Waals surface area contributed by atoms with Crippen molar-refractivity contribution in [2.24, 2.45) is 7.05 Å². The molecule has 0 bridgehead atoms. The van der Waals surface area contributed by atoms with Gasteiger partial charge in [-0.3, -0.25) is 14.4 Å². The summed E-state index contributed by atoms with van der Waals surface area (Å²) in [5.74, 6) is -0.297. The van der Waals surface area contributed by atoms with Crippen molar-refractivity contribution >= 4 is 34.9 Å². The van der Waals surface area contributed by atoms with Crippen molar-refractivity contribution in [2.75, 3.05) is 23.3 Å². The zero-order valence-electron chi connectivity index (χ0n) is 19.9. The van der Waals surface area contributed by atoms with Crippen LogP contribution in [0, 0.1) is 0 Å². The van der Waals surface area contributed by atoms with Gasteiger partial charge in [-0.15, -0.1) is 8.78 Å². The van der Waals surface area contributed by atoms with E-state index in [4.69, 9.17) is 11.6 Å². The summed E-state index contributed by atoms with van der Waals surface area (Å²) >= 11 is 4.77. The molecule has 3 heterocycles. The van der Waals surface area contributed by atoms with E-state index in [0.29, 0.717) is 42.3 Å². The second-order valence-corrected chi connectivity index (χ2v) is 8.92. The molecule has 2 amide bonds. The number of benzene rings is 1. The van der Waals surface area contributed by atoms with Crippen LogP contribution in [-0.4, -0.2) is 51.0 Å². The van der Waals surface area contributed by atoms with Crippen LogP contribution in [0.5, 0.6) is 5.75 Å². The Hall–Kier alpha value is -4.06. The van der Waals surface area contributed by atoms with Gasteiger partial charge in [-0.1, -0.05) is 0 Å². The molecule has 1 aliphatic rings. The number of alkyl halides is 3. The van der Waals surface area contributed by atoms with Crippen molar-refractivity contribution in [2.45, 2.75) is 25.0 Å². The lowest BCUT2D eigenvalue weighted by Gasteiger charge is -2.21. The molecule has 3 aromatic rings. The van der Waals surface area contributed by atoms with Gasteiger partial charge in [0.05, 0.1) is 17.6 Å². The van der Waals surface area contributed by atoms with Crippen LogP contribution in [0.4, 0.5) is 20.3 Å². The second kappa shape index (κ2) is 10.5. The van der Waals surface area contributed by atoms with Crippen LogP contribution in [0.15, 0.2) is 53.7 Å². The van der Waals surface area contributed by atoms with Crippen molar-refractivity contribution < 1.29 is 23.1 Å². The van der Waals surface area contributed by atoms with Gasteiger partial charge in [-0.2, -0.15) is 0 Å². The van der Waals surface area contributed by atoms with Crippen molar-refractivity contribution in [1.29, 1.82) is 0 Å². The lowest BCUT2D eigenvalue weighted by molar-refractivity contribution is -0.119. The molecule has 194 valence electrons. The highest BCUT2D eigenvalue weighted by Gasteiger charge is 2.28. The number of anilines is 2. The summed E-state index contributed by atoms with van der Waals surface area (Å²) in [4.78, 5) is 47.5. The number of halogens is 3. The van der Waals surface area contributed by atoms with E-state index in [1.165, 1.54) is 54.3 Å². The molecular formula is C24H23ClF2N6O4. The first-order valence-electron chi connectivity index (χ1n) is 11.2. The highest BCUT2D eigenvalue weighted by atomic mass is 35.5. The van der Waals surface area contributed by atoms with Gasteiger partial charge in [-0.05, 0) is 36.8 Å². The number of aryl methyl sites for hydroxylation is 1. The molecule has 1 saturated heterocycles. The normalized spacial score (nSPS) is 15.4. The van der Waals surface area contributed by atoms with Gasteiger partial charge in [0, 0.05) is 68.2 Å². The molecule has 10 nitrogen and oxygen atoms in total. The molecule has 1 atom stereocenters. The fourth-order valence-corrected chi connectivity index (χ4v) is 4.02. The van der Waals surface area contributed by atoms with E-state index in [9.17, 15) is 23.2 Å². The molecule has 0 spiro atoms. The lowest BCUT2D eigenvalue weighted by atomic mass is 10.1. The number of carbonyl (C=O) groups is 2. The van der Waals surface area contributed by atoms with Crippen molar-refractivity contribution in [3.8, 4) is 17.0 Å². The highest BCUT2D eigenvalue weighted by Crippen LogP contribution is 2.31. The zero-order chi connectivity index (χ0) is 26.7. The molecular weight excluding hydrogens is 510 g/mol. The summed E-state index contributed by atoms with van der Waals surface area (Å²) in [6, 6.07) is 8.12. The largest absolute Gasteiger partial charge is 0.487 e. The predicted molar refractivity (Wildman–Crippen MR) is 133 cm³/mol. The average Bonchev–Trinajstić information content (AvgIpc) is 3.28. The second-order valence-electron chi connectivity index (χ2n) is 8.48. The third-order valence-electron chi connectivity index (χ3n) is 5.62. The molecule has 1 aliphatic heterocycles. The van der Waals surface area contributed by atoms with Crippen LogP contribution >= 0.6 is 11.6 Å². The molecule has 1 unspecified atom stereocenters. The van der Waals surface area contributed by atoms with E-state index < -0.39 is 11.5 Å². The molecule has 37 heavy (non-hydrogen) atoms. The molecule has 2 N–H and O–H groups in total. The first-order chi connectivity index (χ1) is 17.5. The molecule has 1 aromatic carbocycles. The van der Waals surface area contributed by atoms with Crippen molar-refractivity contribution in [3.05, 3.63) is 64.8 Å². The number of carbonyl (C=O) groups excluding carboxylic acids is 2. The van der Waals surface area contributed by atoms with Gasteiger partial charge >= 0.3 is 5.57 Å². The Balaban J connectivity index is 1.61. The summed E-state index contributed by atoms with van der Waals surface area (Å²) in [7, 11) is 1.57. The smallest absolute Gasteiger partial charge is 0.420 e. The molecule has 0 aliphatic carbocycles. The minimum Gasteiger partial charge on any atom is -0.420 e. The lowest BCUT2D eigenvalue weighted by Crippen LogP contribution is -2.35. The maximum absolute atomic E-state index is 13.0. The average molecular weight is 533 g/mol. The van der Waals surface area contributed by atoms with Crippen LogP contribution in [-0.2, 0) is 11.8 Å². The number of pyridine rings is 1. The Morgan fingerprint density at radius 2 is 1.92 bits per heavy atom. The monoisotopic (exact) mass is 532 g/mol. The first-order valence-corrected chi connectivity index (χ1v) is 11.6. The Morgan fingerprint density at radius 1 is 1.19 bits per heavy atom. The van der Waals surface area contributed by atoms with Crippen LogP contribution in [0.1, 0.15) is 23.7 Å². The number of rotatable bonds is 7. The van der Waals surface area contributed by atoms with Gasteiger partial charge in [0.25, 0.3) is 11.5 Å². The minimum atomic E-state index is -3.85. The van der Waals surface area contributed by atoms with E-state index in [1.54, 1.807) is 13.1 Å². The van der Waals surface area contributed by atoms with E-state index in [0.717, 1.165) is 0 Å². The fourth-order valence-electron chi connectivity index (χ4n) is 3.93. The van der Waals surface area contributed by atoms with E-state index >= 15 is 0 Å². The third-order valence-corrected chi connectivity index (χ3v) is 5.70. The number of hydrogen-bond donors (Lipinski definition) is 2. The summed E-state index contributed by atoms with van der Waals surface area (Å²) in [5, 5.41) is 5.55. The molecule has 2 aromatic heterocycles. The quantitative estimate of drug-likeness (QED) is 0.449. The number of hydrogen-bond acceptors (Lipinski definition) is 7. The summed E-state index contributed by atoms with van der Waals surface area (Å²) in [5.41, 5.74) is -2.81. The Labute approximate surface area is 215 Å². The number of nitrogens with zero attached hydrogens (tertiary/aromatic N) is 4. The van der Waals surface area contributed by atoms with Crippen LogP contribution in [0.2, 0.25) is 0 Å². The highest BCUT2D eigenvalue weighted by molar-refractivity contribution is 6.20. The SMILES string of the molecule is CC(=O)NC1CCN(c2ncc(C(=O)Nc3ccc(OC(F)(F)Cl)cc3)cc2-c2cc(=O)n(C)cn2)C1. The van der Waals surface area contributed by atoms with E-state index in [1.807, 2.05) is 4.90 Å². The fraction of sp³-hybridized carbons (Fsp3) is 0.292. The van der Waals surface area contributed by atoms with Gasteiger partial charge in [-0.25, -0.2) is 9.97 Å². The Kier molecular flexibility index (Phi) is 7.39. The van der Waals surface area contributed by atoms with Crippen LogP contribution in [0.25, 0.3) is 11.3 Å². The van der Waals surface area contributed by atoms with Gasteiger partial charge in [0.15, 0.2) is 0 Å². The molecule has 13 heteroatoms. The molecule has 1 fully saturated rings. The number of nitrogens with one attached hydrogen (secondary N) is 2. The molecule has 0 radical (unpaired) electrons. The number of ether oxygens (including phenoxy) is 1. The number of aromatic nitrogens is 3. The Morgan fingerprint density at radius 3 is 2.57 bits per heavy atom.